The molecule has 0 atom stereocenters. The summed E-state index contributed by atoms with van der Waals surface area (Å²) in [6.45, 7) is 6.22. The van der Waals surface area contributed by atoms with Crippen LogP contribution in [0.2, 0.25) is 10.0 Å². The van der Waals surface area contributed by atoms with Crippen molar-refractivity contribution in [1.29, 1.82) is 0 Å². The zero-order valence-electron chi connectivity index (χ0n) is 16.0. The lowest BCUT2D eigenvalue weighted by Gasteiger charge is -2.10. The van der Waals surface area contributed by atoms with Crippen molar-refractivity contribution in [2.75, 3.05) is 11.9 Å². The molecule has 2 heterocycles. The van der Waals surface area contributed by atoms with E-state index in [4.69, 9.17) is 35.4 Å². The summed E-state index contributed by atoms with van der Waals surface area (Å²) < 4.78 is 4.64. The first-order chi connectivity index (χ1) is 13.8. The second kappa shape index (κ2) is 9.93. The predicted molar refractivity (Wildman–Crippen MR) is 126 cm³/mol. The number of rotatable bonds is 7. The standard InChI is InChI=1S/C19H21BrCl2N6S/c1-12-8-13(2)28(25-12)7-3-6-23-19(29)24-18-15(20)11-27(26-18)10-14-4-5-16(21)17(22)9-14/h4-5,8-9,11H,3,6-7,10H2,1-2H3,(H2,23,24,26,29). The first-order valence-corrected chi connectivity index (χ1v) is 11.0. The third-order valence-electron chi connectivity index (χ3n) is 4.21. The zero-order valence-corrected chi connectivity index (χ0v) is 20.0. The number of nitrogens with one attached hydrogen (secondary N) is 2. The van der Waals surface area contributed by atoms with Crippen LogP contribution in [-0.4, -0.2) is 31.2 Å². The molecule has 0 saturated carbocycles. The maximum Gasteiger partial charge on any atom is 0.172 e. The van der Waals surface area contributed by atoms with E-state index in [0.717, 1.165) is 35.2 Å². The van der Waals surface area contributed by atoms with Crippen LogP contribution in [0.5, 0.6) is 0 Å². The molecule has 0 fully saturated rings. The van der Waals surface area contributed by atoms with E-state index in [1.54, 1.807) is 10.7 Å². The van der Waals surface area contributed by atoms with Crippen molar-refractivity contribution in [2.45, 2.75) is 33.4 Å². The first kappa shape index (κ1) is 22.1. The Kier molecular flexibility index (Phi) is 7.56. The van der Waals surface area contributed by atoms with Gasteiger partial charge >= 0.3 is 0 Å². The molecule has 0 radical (unpaired) electrons. The summed E-state index contributed by atoms with van der Waals surface area (Å²) in [6, 6.07) is 7.61. The summed E-state index contributed by atoms with van der Waals surface area (Å²) in [4.78, 5) is 0. The molecule has 2 N–H and O–H groups in total. The van der Waals surface area contributed by atoms with Gasteiger partial charge in [0, 0.05) is 25.0 Å². The summed E-state index contributed by atoms with van der Waals surface area (Å²) in [5.41, 5.74) is 3.21. The van der Waals surface area contributed by atoms with Gasteiger partial charge in [0.05, 0.1) is 26.8 Å². The van der Waals surface area contributed by atoms with Crippen molar-refractivity contribution in [3.8, 4) is 0 Å². The molecule has 1 aromatic carbocycles. The molecule has 0 aliphatic rings. The van der Waals surface area contributed by atoms with E-state index >= 15 is 0 Å². The lowest BCUT2D eigenvalue weighted by atomic mass is 10.2. The van der Waals surface area contributed by atoms with E-state index in [1.807, 2.05) is 29.9 Å². The number of thiocarbonyl (C=S) groups is 1. The highest BCUT2D eigenvalue weighted by Gasteiger charge is 2.09. The maximum atomic E-state index is 6.08. The highest BCUT2D eigenvalue weighted by atomic mass is 79.9. The first-order valence-electron chi connectivity index (χ1n) is 9.04. The molecule has 0 saturated heterocycles. The summed E-state index contributed by atoms with van der Waals surface area (Å²) in [5, 5.41) is 16.9. The van der Waals surface area contributed by atoms with Crippen LogP contribution >= 0.6 is 51.3 Å². The van der Waals surface area contributed by atoms with Crippen LogP contribution in [0.25, 0.3) is 0 Å². The van der Waals surface area contributed by atoms with Gasteiger partial charge < -0.3 is 10.6 Å². The van der Waals surface area contributed by atoms with Gasteiger partial charge in [-0.3, -0.25) is 9.36 Å². The quantitative estimate of drug-likeness (QED) is 0.335. The second-order valence-corrected chi connectivity index (χ2v) is 8.73. The van der Waals surface area contributed by atoms with Crippen LogP contribution < -0.4 is 10.6 Å². The molecule has 154 valence electrons. The van der Waals surface area contributed by atoms with Gasteiger partial charge in [-0.15, -0.1) is 0 Å². The van der Waals surface area contributed by atoms with Crippen molar-refractivity contribution < 1.29 is 0 Å². The number of halogens is 3. The number of anilines is 1. The van der Waals surface area contributed by atoms with Crippen molar-refractivity contribution >= 4 is 62.3 Å². The van der Waals surface area contributed by atoms with Crippen molar-refractivity contribution in [1.82, 2.24) is 24.9 Å². The zero-order chi connectivity index (χ0) is 21.0. The lowest BCUT2D eigenvalue weighted by molar-refractivity contribution is 0.558. The van der Waals surface area contributed by atoms with Gasteiger partial charge in [0.2, 0.25) is 0 Å². The number of hydrogen-bond donors (Lipinski definition) is 2. The third kappa shape index (κ3) is 6.18. The summed E-state index contributed by atoms with van der Waals surface area (Å²) in [6.07, 6.45) is 2.80. The van der Waals surface area contributed by atoms with Crippen molar-refractivity contribution in [3.05, 3.63) is 61.9 Å². The van der Waals surface area contributed by atoms with E-state index in [1.165, 1.54) is 5.69 Å². The van der Waals surface area contributed by atoms with Gasteiger partial charge in [-0.2, -0.15) is 10.2 Å². The van der Waals surface area contributed by atoms with E-state index in [2.05, 4.69) is 49.8 Å². The van der Waals surface area contributed by atoms with Crippen molar-refractivity contribution in [3.63, 3.8) is 0 Å². The number of benzene rings is 1. The fraction of sp³-hybridized carbons (Fsp3) is 0.316. The highest BCUT2D eigenvalue weighted by Crippen LogP contribution is 2.24. The normalized spacial score (nSPS) is 10.9. The summed E-state index contributed by atoms with van der Waals surface area (Å²) in [7, 11) is 0. The van der Waals surface area contributed by atoms with Gasteiger partial charge in [-0.1, -0.05) is 29.3 Å². The number of aryl methyl sites for hydroxylation is 3. The molecule has 0 aliphatic heterocycles. The Hall–Kier alpha value is -1.61. The van der Waals surface area contributed by atoms with Gasteiger partial charge in [0.25, 0.3) is 0 Å². The Bertz CT molecular complexity index is 1020. The van der Waals surface area contributed by atoms with E-state index < -0.39 is 0 Å². The molecule has 0 spiro atoms. The van der Waals surface area contributed by atoms with Crippen molar-refractivity contribution in [2.24, 2.45) is 0 Å². The van der Waals surface area contributed by atoms with E-state index in [0.29, 0.717) is 27.5 Å². The van der Waals surface area contributed by atoms with E-state index in [9.17, 15) is 0 Å². The predicted octanol–water partition coefficient (Wildman–Crippen LogP) is 5.19. The Balaban J connectivity index is 1.48. The second-order valence-electron chi connectivity index (χ2n) is 6.66. The van der Waals surface area contributed by atoms with Gasteiger partial charge in [0.1, 0.15) is 0 Å². The fourth-order valence-electron chi connectivity index (χ4n) is 2.87. The molecular weight excluding hydrogens is 495 g/mol. The Morgan fingerprint density at radius 1 is 1.17 bits per heavy atom. The number of aromatic nitrogens is 4. The molecule has 3 rings (SSSR count). The minimum atomic E-state index is 0.527. The van der Waals surface area contributed by atoms with Crippen LogP contribution in [0.1, 0.15) is 23.4 Å². The number of nitrogens with zero attached hydrogens (tertiary/aromatic N) is 4. The molecule has 3 aromatic rings. The summed E-state index contributed by atoms with van der Waals surface area (Å²) >= 11 is 20.9. The maximum absolute atomic E-state index is 6.08. The van der Waals surface area contributed by atoms with Gasteiger partial charge in [-0.25, -0.2) is 0 Å². The SMILES string of the molecule is Cc1cc(C)n(CCCNC(=S)Nc2nn(Cc3ccc(Cl)c(Cl)c3)cc2Br)n1. The van der Waals surface area contributed by atoms with Gasteiger partial charge in [-0.05, 0) is 72.2 Å². The van der Waals surface area contributed by atoms with Crippen LogP contribution in [0.3, 0.4) is 0 Å². The molecule has 0 amide bonds. The minimum absolute atomic E-state index is 0.527. The Morgan fingerprint density at radius 2 is 1.97 bits per heavy atom. The molecular formula is C19H21BrCl2N6S. The Labute approximate surface area is 193 Å². The topological polar surface area (TPSA) is 59.7 Å². The average Bonchev–Trinajstić information content (AvgIpc) is 3.16. The molecule has 2 aromatic heterocycles. The highest BCUT2D eigenvalue weighted by molar-refractivity contribution is 9.10. The monoisotopic (exact) mass is 514 g/mol. The smallest absolute Gasteiger partial charge is 0.172 e. The van der Waals surface area contributed by atoms with Crippen LogP contribution in [0.4, 0.5) is 5.82 Å². The number of hydrogen-bond acceptors (Lipinski definition) is 3. The molecule has 0 unspecified atom stereocenters. The van der Waals surface area contributed by atoms with Crippen LogP contribution in [0.15, 0.2) is 34.9 Å². The van der Waals surface area contributed by atoms with Crippen LogP contribution in [-0.2, 0) is 13.1 Å². The molecule has 0 aliphatic carbocycles. The largest absolute Gasteiger partial charge is 0.362 e. The average molecular weight is 516 g/mol. The molecule has 0 bridgehead atoms. The summed E-state index contributed by atoms with van der Waals surface area (Å²) in [5.74, 6) is 0.654. The third-order valence-corrected chi connectivity index (χ3v) is 5.78. The Morgan fingerprint density at radius 3 is 2.66 bits per heavy atom. The minimum Gasteiger partial charge on any atom is -0.362 e. The fourth-order valence-corrected chi connectivity index (χ4v) is 3.81. The molecule has 10 heteroatoms. The van der Waals surface area contributed by atoms with Gasteiger partial charge in [0.15, 0.2) is 10.9 Å². The van der Waals surface area contributed by atoms with E-state index in [-0.39, 0.29) is 0 Å². The van der Waals surface area contributed by atoms with Crippen LogP contribution in [0, 0.1) is 13.8 Å². The lowest BCUT2D eigenvalue weighted by Crippen LogP contribution is -2.30. The molecule has 6 nitrogen and oxygen atoms in total. The molecule has 29 heavy (non-hydrogen) atoms.